The van der Waals surface area contributed by atoms with Gasteiger partial charge in [0.15, 0.2) is 15.8 Å². The van der Waals surface area contributed by atoms with Gasteiger partial charge in [0.25, 0.3) is 0 Å². The molecule has 0 amide bonds. The summed E-state index contributed by atoms with van der Waals surface area (Å²) in [4.78, 5) is 4.43. The van der Waals surface area contributed by atoms with E-state index in [4.69, 9.17) is 23.2 Å². The Morgan fingerprint density at radius 3 is 2.41 bits per heavy atom. The van der Waals surface area contributed by atoms with E-state index in [0.29, 0.717) is 20.9 Å². The molecule has 27 heavy (non-hydrogen) atoms. The average Bonchev–Trinajstić information content (AvgIpc) is 2.61. The minimum absolute atomic E-state index is 0. The number of rotatable bonds is 6. The quantitative estimate of drug-likeness (QED) is 0.325. The van der Waals surface area contributed by atoms with Crippen LogP contribution in [0.1, 0.15) is 18.5 Å². The van der Waals surface area contributed by atoms with E-state index >= 15 is 0 Å². The van der Waals surface area contributed by atoms with Crippen LogP contribution >= 0.6 is 47.2 Å². The van der Waals surface area contributed by atoms with Crippen LogP contribution in [0.15, 0.2) is 58.4 Å². The normalized spacial score (nSPS) is 12.8. The third kappa shape index (κ3) is 7.14. The molecule has 9 heteroatoms. The fourth-order valence-corrected chi connectivity index (χ4v) is 4.13. The van der Waals surface area contributed by atoms with Crippen molar-refractivity contribution in [2.75, 3.05) is 19.3 Å². The SMILES string of the molecule is CN=C(NCCS(=O)(=O)c1ccccc1)NC(C)c1ccc(Cl)cc1Cl.I. The molecule has 2 aromatic rings. The first-order valence-electron chi connectivity index (χ1n) is 8.03. The molecule has 148 valence electrons. The first-order valence-corrected chi connectivity index (χ1v) is 10.4. The third-order valence-electron chi connectivity index (χ3n) is 3.77. The highest BCUT2D eigenvalue weighted by Gasteiger charge is 2.15. The van der Waals surface area contributed by atoms with Gasteiger partial charge in [-0.3, -0.25) is 4.99 Å². The van der Waals surface area contributed by atoms with Crippen LogP contribution in [0, 0.1) is 0 Å². The molecule has 0 saturated heterocycles. The van der Waals surface area contributed by atoms with Crippen molar-refractivity contribution in [2.45, 2.75) is 17.9 Å². The van der Waals surface area contributed by atoms with Crippen LogP contribution in [-0.4, -0.2) is 33.7 Å². The van der Waals surface area contributed by atoms with Gasteiger partial charge in [-0.25, -0.2) is 8.42 Å². The van der Waals surface area contributed by atoms with Crippen LogP contribution in [-0.2, 0) is 9.84 Å². The monoisotopic (exact) mass is 541 g/mol. The third-order valence-corrected chi connectivity index (χ3v) is 6.07. The van der Waals surface area contributed by atoms with Crippen LogP contribution in [0.2, 0.25) is 10.0 Å². The molecular weight excluding hydrogens is 520 g/mol. The van der Waals surface area contributed by atoms with Crippen molar-refractivity contribution in [3.8, 4) is 0 Å². The predicted molar refractivity (Wildman–Crippen MR) is 123 cm³/mol. The largest absolute Gasteiger partial charge is 0.355 e. The average molecular weight is 542 g/mol. The van der Waals surface area contributed by atoms with E-state index in [1.54, 1.807) is 49.5 Å². The van der Waals surface area contributed by atoms with E-state index in [9.17, 15) is 8.42 Å². The summed E-state index contributed by atoms with van der Waals surface area (Å²) < 4.78 is 24.6. The lowest BCUT2D eigenvalue weighted by Crippen LogP contribution is -2.40. The number of aliphatic imine (C=N–C) groups is 1. The van der Waals surface area contributed by atoms with E-state index < -0.39 is 9.84 Å². The van der Waals surface area contributed by atoms with Crippen molar-refractivity contribution < 1.29 is 8.42 Å². The first-order chi connectivity index (χ1) is 12.3. The second kappa shape index (κ2) is 11.1. The van der Waals surface area contributed by atoms with E-state index in [1.165, 1.54) is 0 Å². The summed E-state index contributed by atoms with van der Waals surface area (Å²) in [5.74, 6) is 0.458. The Labute approximate surface area is 187 Å². The lowest BCUT2D eigenvalue weighted by Gasteiger charge is -2.19. The number of halogens is 3. The van der Waals surface area contributed by atoms with Crippen molar-refractivity contribution in [3.05, 3.63) is 64.1 Å². The molecule has 1 atom stereocenters. The van der Waals surface area contributed by atoms with Gasteiger partial charge < -0.3 is 10.6 Å². The van der Waals surface area contributed by atoms with Crippen LogP contribution in [0.5, 0.6) is 0 Å². The van der Waals surface area contributed by atoms with Gasteiger partial charge in [-0.2, -0.15) is 0 Å². The Balaban J connectivity index is 0.00000364. The summed E-state index contributed by atoms with van der Waals surface area (Å²) in [6, 6.07) is 13.5. The Morgan fingerprint density at radius 2 is 1.81 bits per heavy atom. The Kier molecular flexibility index (Phi) is 9.86. The number of nitrogens with zero attached hydrogens (tertiary/aromatic N) is 1. The highest BCUT2D eigenvalue weighted by molar-refractivity contribution is 14.0. The number of guanidine groups is 1. The topological polar surface area (TPSA) is 70.6 Å². The van der Waals surface area contributed by atoms with E-state index in [0.717, 1.165) is 5.56 Å². The summed E-state index contributed by atoms with van der Waals surface area (Å²) in [5, 5.41) is 7.33. The zero-order valence-corrected chi connectivity index (χ0v) is 19.6. The second-order valence-electron chi connectivity index (χ2n) is 5.66. The molecule has 0 bridgehead atoms. The van der Waals surface area contributed by atoms with Crippen LogP contribution in [0.3, 0.4) is 0 Å². The predicted octanol–water partition coefficient (Wildman–Crippen LogP) is 4.31. The Hall–Kier alpha value is -1.03. The number of benzene rings is 2. The second-order valence-corrected chi connectivity index (χ2v) is 8.62. The molecular formula is C18H22Cl2IN3O2S. The summed E-state index contributed by atoms with van der Waals surface area (Å²) in [5.41, 5.74) is 0.871. The molecule has 0 saturated carbocycles. The maximum Gasteiger partial charge on any atom is 0.191 e. The van der Waals surface area contributed by atoms with Crippen molar-refractivity contribution >= 4 is 63.0 Å². The van der Waals surface area contributed by atoms with Crippen molar-refractivity contribution in [1.82, 2.24) is 10.6 Å². The summed E-state index contributed by atoms with van der Waals surface area (Å²) in [6.45, 7) is 2.17. The van der Waals surface area contributed by atoms with Crippen LogP contribution in [0.4, 0.5) is 0 Å². The fraction of sp³-hybridized carbons (Fsp3) is 0.278. The van der Waals surface area contributed by atoms with E-state index in [2.05, 4.69) is 15.6 Å². The smallest absolute Gasteiger partial charge is 0.191 e. The Morgan fingerprint density at radius 1 is 1.15 bits per heavy atom. The molecule has 0 radical (unpaired) electrons. The van der Waals surface area contributed by atoms with Crippen molar-refractivity contribution in [1.29, 1.82) is 0 Å². The van der Waals surface area contributed by atoms with Crippen molar-refractivity contribution in [3.63, 3.8) is 0 Å². The minimum atomic E-state index is -3.34. The van der Waals surface area contributed by atoms with Gasteiger partial charge in [-0.05, 0) is 36.8 Å². The molecule has 0 aliphatic heterocycles. The van der Waals surface area contributed by atoms with Gasteiger partial charge in [-0.15, -0.1) is 24.0 Å². The molecule has 2 rings (SSSR count). The summed E-state index contributed by atoms with van der Waals surface area (Å²) in [7, 11) is -1.72. The molecule has 0 aliphatic carbocycles. The zero-order chi connectivity index (χ0) is 19.2. The Bertz CT molecular complexity index is 877. The molecule has 0 fully saturated rings. The van der Waals surface area contributed by atoms with E-state index in [-0.39, 0.29) is 42.3 Å². The summed E-state index contributed by atoms with van der Waals surface area (Å²) >= 11 is 12.1. The van der Waals surface area contributed by atoms with Crippen LogP contribution in [0.25, 0.3) is 0 Å². The molecule has 1 unspecified atom stereocenters. The number of nitrogens with one attached hydrogen (secondary N) is 2. The standard InChI is InChI=1S/C18H21Cl2N3O2S.HI/c1-13(16-9-8-14(19)12-17(16)20)23-18(21-2)22-10-11-26(24,25)15-6-4-3-5-7-15;/h3-9,12-13H,10-11H2,1-2H3,(H2,21,22,23);1H. The number of hydrogen-bond acceptors (Lipinski definition) is 3. The molecule has 0 aliphatic rings. The van der Waals surface area contributed by atoms with Gasteiger partial charge >= 0.3 is 0 Å². The first kappa shape index (κ1) is 24.0. The highest BCUT2D eigenvalue weighted by Crippen LogP contribution is 2.25. The number of hydrogen-bond donors (Lipinski definition) is 2. The molecule has 0 heterocycles. The van der Waals surface area contributed by atoms with Crippen molar-refractivity contribution in [2.24, 2.45) is 4.99 Å². The minimum Gasteiger partial charge on any atom is -0.355 e. The summed E-state index contributed by atoms with van der Waals surface area (Å²) in [6.07, 6.45) is 0. The van der Waals surface area contributed by atoms with E-state index in [1.807, 2.05) is 13.0 Å². The molecule has 2 aromatic carbocycles. The lowest BCUT2D eigenvalue weighted by atomic mass is 10.1. The molecule has 0 aromatic heterocycles. The molecule has 5 nitrogen and oxygen atoms in total. The maximum absolute atomic E-state index is 12.3. The van der Waals surface area contributed by atoms with Gasteiger partial charge in [0.2, 0.25) is 0 Å². The lowest BCUT2D eigenvalue weighted by molar-refractivity contribution is 0.594. The fourth-order valence-electron chi connectivity index (χ4n) is 2.38. The van der Waals surface area contributed by atoms with Gasteiger partial charge in [0.1, 0.15) is 0 Å². The number of sulfone groups is 1. The van der Waals surface area contributed by atoms with Gasteiger partial charge in [-0.1, -0.05) is 47.5 Å². The molecule has 2 N–H and O–H groups in total. The van der Waals surface area contributed by atoms with Crippen LogP contribution < -0.4 is 10.6 Å². The highest BCUT2D eigenvalue weighted by atomic mass is 127. The maximum atomic E-state index is 12.3. The zero-order valence-electron chi connectivity index (χ0n) is 14.9. The molecule has 0 spiro atoms. The van der Waals surface area contributed by atoms with Gasteiger partial charge in [0.05, 0.1) is 16.7 Å². The van der Waals surface area contributed by atoms with Gasteiger partial charge in [0, 0.05) is 23.6 Å².